The lowest BCUT2D eigenvalue weighted by atomic mass is 9.94. The van der Waals surface area contributed by atoms with Gasteiger partial charge in [-0.05, 0) is 68.0 Å². The minimum absolute atomic E-state index is 0.0509. The normalized spacial score (nSPS) is 16.2. The number of likely N-dealkylation sites (tertiary alicyclic amines) is 1. The molecule has 0 bridgehead atoms. The van der Waals surface area contributed by atoms with E-state index in [9.17, 15) is 19.5 Å². The van der Waals surface area contributed by atoms with Gasteiger partial charge >= 0.3 is 5.97 Å². The zero-order chi connectivity index (χ0) is 29.7. The first-order chi connectivity index (χ1) is 19.6. The molecule has 0 radical (unpaired) electrons. The maximum Gasteiger partial charge on any atom is 0.308 e. The third-order valence-electron chi connectivity index (χ3n) is 6.77. The van der Waals surface area contributed by atoms with Crippen molar-refractivity contribution >= 4 is 23.4 Å². The van der Waals surface area contributed by atoms with Gasteiger partial charge in [0.05, 0.1) is 18.7 Å². The summed E-state index contributed by atoms with van der Waals surface area (Å²) in [5.41, 5.74) is 2.58. The van der Waals surface area contributed by atoms with Crippen LogP contribution in [0.4, 0.5) is 0 Å². The van der Waals surface area contributed by atoms with Gasteiger partial charge in [0.15, 0.2) is 11.5 Å². The maximum absolute atomic E-state index is 13.4. The molecule has 1 amide bonds. The Morgan fingerprint density at radius 2 is 1.68 bits per heavy atom. The first-order valence-corrected chi connectivity index (χ1v) is 13.2. The Hall–Kier alpha value is -4.63. The van der Waals surface area contributed by atoms with Crippen LogP contribution in [-0.2, 0) is 21.0 Å². The van der Waals surface area contributed by atoms with Crippen molar-refractivity contribution < 1.29 is 33.7 Å². The van der Waals surface area contributed by atoms with E-state index >= 15 is 0 Å². The number of ether oxygens (including phenoxy) is 3. The Kier molecular flexibility index (Phi) is 9.09. The number of amides is 1. The van der Waals surface area contributed by atoms with Crippen molar-refractivity contribution in [3.05, 3.63) is 94.6 Å². The number of rotatable bonds is 10. The molecule has 9 heteroatoms. The van der Waals surface area contributed by atoms with Gasteiger partial charge in [-0.2, -0.15) is 0 Å². The number of esters is 1. The Morgan fingerprint density at radius 1 is 0.976 bits per heavy atom. The number of ketones is 1. The van der Waals surface area contributed by atoms with Crippen LogP contribution < -0.4 is 14.2 Å². The molecule has 1 heterocycles. The molecule has 1 aliphatic rings. The van der Waals surface area contributed by atoms with Crippen molar-refractivity contribution in [3.63, 3.8) is 0 Å². The van der Waals surface area contributed by atoms with E-state index in [0.717, 1.165) is 11.1 Å². The first-order valence-electron chi connectivity index (χ1n) is 13.2. The van der Waals surface area contributed by atoms with Crippen molar-refractivity contribution in [2.75, 3.05) is 34.3 Å². The molecule has 1 N–H and O–H groups in total. The molecule has 0 aromatic heterocycles. The first kappa shape index (κ1) is 29.4. The molecule has 9 nitrogen and oxygen atoms in total. The van der Waals surface area contributed by atoms with Gasteiger partial charge in [-0.25, -0.2) is 0 Å². The lowest BCUT2D eigenvalue weighted by Gasteiger charge is -2.27. The predicted octanol–water partition coefficient (Wildman–Crippen LogP) is 4.49. The van der Waals surface area contributed by atoms with Gasteiger partial charge in [0.1, 0.15) is 18.1 Å². The summed E-state index contributed by atoms with van der Waals surface area (Å²) in [4.78, 5) is 41.7. The Bertz CT molecular complexity index is 1480. The summed E-state index contributed by atoms with van der Waals surface area (Å²) in [5, 5.41) is 11.5. The highest BCUT2D eigenvalue weighted by atomic mass is 16.6. The van der Waals surface area contributed by atoms with Gasteiger partial charge < -0.3 is 29.1 Å². The standard InChI is InChI=1S/C32H34N2O7/c1-20-17-24(12-13-25(20)40-19-22-9-7-6-8-10-22)30(36)28-29(34(16-15-33(3)4)32(38)31(28)37)23-11-14-26(39-5)27(18-23)41-21(2)35/h6-14,17-18,29,36H,15-16,19H2,1-5H3/b30-28-. The van der Waals surface area contributed by atoms with Crippen molar-refractivity contribution in [1.29, 1.82) is 0 Å². The number of Topliss-reactive ketones (excluding diaryl/α,β-unsaturated/α-hetero) is 1. The van der Waals surface area contributed by atoms with Crippen molar-refractivity contribution in [2.45, 2.75) is 26.5 Å². The van der Waals surface area contributed by atoms with Crippen LogP contribution in [0.15, 0.2) is 72.3 Å². The highest BCUT2D eigenvalue weighted by Crippen LogP contribution is 2.42. The van der Waals surface area contributed by atoms with Crippen LogP contribution in [0.2, 0.25) is 0 Å². The van der Waals surface area contributed by atoms with E-state index in [-0.39, 0.29) is 23.6 Å². The molecule has 0 saturated carbocycles. The highest BCUT2D eigenvalue weighted by Gasteiger charge is 2.46. The van der Waals surface area contributed by atoms with E-state index in [2.05, 4.69) is 0 Å². The van der Waals surface area contributed by atoms with Crippen molar-refractivity contribution in [2.24, 2.45) is 0 Å². The minimum atomic E-state index is -0.913. The minimum Gasteiger partial charge on any atom is -0.507 e. The number of methoxy groups -OCH3 is 1. The summed E-state index contributed by atoms with van der Waals surface area (Å²) in [6, 6.07) is 18.8. The van der Waals surface area contributed by atoms with Crippen molar-refractivity contribution in [3.8, 4) is 17.2 Å². The molecule has 0 spiro atoms. The molecular weight excluding hydrogens is 524 g/mol. The van der Waals surface area contributed by atoms with Gasteiger partial charge in [-0.1, -0.05) is 36.4 Å². The molecule has 1 atom stereocenters. The lowest BCUT2D eigenvalue weighted by molar-refractivity contribution is -0.140. The zero-order valence-electron chi connectivity index (χ0n) is 23.8. The Balaban J connectivity index is 1.76. The summed E-state index contributed by atoms with van der Waals surface area (Å²) < 4.78 is 16.6. The molecule has 214 valence electrons. The van der Waals surface area contributed by atoms with Crippen LogP contribution in [0.25, 0.3) is 5.76 Å². The number of aryl methyl sites for hydroxylation is 1. The van der Waals surface area contributed by atoms with Crippen LogP contribution >= 0.6 is 0 Å². The third kappa shape index (κ3) is 6.58. The van der Waals surface area contributed by atoms with E-state index in [0.29, 0.717) is 35.8 Å². The summed E-state index contributed by atoms with van der Waals surface area (Å²) in [7, 11) is 5.17. The van der Waals surface area contributed by atoms with E-state index in [4.69, 9.17) is 14.2 Å². The average Bonchev–Trinajstić information content (AvgIpc) is 3.20. The van der Waals surface area contributed by atoms with Crippen molar-refractivity contribution in [1.82, 2.24) is 9.80 Å². The number of benzene rings is 3. The molecule has 1 unspecified atom stereocenters. The summed E-state index contributed by atoms with van der Waals surface area (Å²) in [6.45, 7) is 4.22. The SMILES string of the molecule is COc1ccc(C2/C(=C(/O)c3ccc(OCc4ccccc4)c(C)c3)C(=O)C(=O)N2CCN(C)C)cc1OC(C)=O. The summed E-state index contributed by atoms with van der Waals surface area (Å²) in [5.74, 6) is -1.27. The van der Waals surface area contributed by atoms with Gasteiger partial charge in [0.2, 0.25) is 0 Å². The van der Waals surface area contributed by atoms with Crippen LogP contribution in [0.5, 0.6) is 17.2 Å². The molecule has 3 aromatic carbocycles. The number of carbonyl (C=O) groups excluding carboxylic acids is 3. The van der Waals surface area contributed by atoms with E-state index in [1.807, 2.05) is 56.3 Å². The molecule has 0 aliphatic carbocycles. The molecule has 1 fully saturated rings. The quantitative estimate of drug-likeness (QED) is 0.128. The van der Waals surface area contributed by atoms with Crippen LogP contribution in [0.1, 0.15) is 35.2 Å². The fourth-order valence-corrected chi connectivity index (χ4v) is 4.71. The number of nitrogens with zero attached hydrogens (tertiary/aromatic N) is 2. The lowest BCUT2D eigenvalue weighted by Crippen LogP contribution is -2.35. The largest absolute Gasteiger partial charge is 0.507 e. The Labute approximate surface area is 239 Å². The van der Waals surface area contributed by atoms with E-state index in [1.54, 1.807) is 36.4 Å². The van der Waals surface area contributed by atoms with Gasteiger partial charge in [-0.15, -0.1) is 0 Å². The zero-order valence-corrected chi connectivity index (χ0v) is 23.8. The average molecular weight is 559 g/mol. The molecule has 3 aromatic rings. The smallest absolute Gasteiger partial charge is 0.308 e. The van der Waals surface area contributed by atoms with Crippen LogP contribution in [-0.4, -0.2) is 66.9 Å². The maximum atomic E-state index is 13.4. The molecule has 1 saturated heterocycles. The number of aliphatic hydroxyl groups excluding tert-OH is 1. The summed E-state index contributed by atoms with van der Waals surface area (Å²) in [6.07, 6.45) is 0. The van der Waals surface area contributed by atoms with E-state index in [1.165, 1.54) is 18.9 Å². The fraction of sp³-hybridized carbons (Fsp3) is 0.281. The monoisotopic (exact) mass is 558 g/mol. The highest BCUT2D eigenvalue weighted by molar-refractivity contribution is 6.46. The molecule has 41 heavy (non-hydrogen) atoms. The van der Waals surface area contributed by atoms with Crippen LogP contribution in [0.3, 0.4) is 0 Å². The third-order valence-corrected chi connectivity index (χ3v) is 6.77. The van der Waals surface area contributed by atoms with Gasteiger partial charge in [-0.3, -0.25) is 14.4 Å². The second-order valence-electron chi connectivity index (χ2n) is 10.1. The van der Waals surface area contributed by atoms with Gasteiger partial charge in [0.25, 0.3) is 11.7 Å². The number of carbonyl (C=O) groups is 3. The summed E-state index contributed by atoms with van der Waals surface area (Å²) >= 11 is 0. The number of hydrogen-bond donors (Lipinski definition) is 1. The van der Waals surface area contributed by atoms with Crippen LogP contribution in [0, 0.1) is 6.92 Å². The van der Waals surface area contributed by atoms with Gasteiger partial charge in [0, 0.05) is 25.6 Å². The number of hydrogen-bond acceptors (Lipinski definition) is 8. The number of likely N-dealkylation sites (N-methyl/N-ethyl adjacent to an activating group) is 1. The predicted molar refractivity (Wildman–Crippen MR) is 154 cm³/mol. The second-order valence-corrected chi connectivity index (χ2v) is 10.1. The molecule has 1 aliphatic heterocycles. The molecule has 4 rings (SSSR count). The fourth-order valence-electron chi connectivity index (χ4n) is 4.71. The molecular formula is C32H34N2O7. The topological polar surface area (TPSA) is 106 Å². The number of aliphatic hydroxyl groups is 1. The second kappa shape index (κ2) is 12.7. The van der Waals surface area contributed by atoms with E-state index < -0.39 is 23.7 Å². The Morgan fingerprint density at radius 3 is 2.32 bits per heavy atom.